The third-order valence-electron chi connectivity index (χ3n) is 7.67. The molecule has 2 fully saturated rings. The molecule has 202 valence electrons. The van der Waals surface area contributed by atoms with Crippen molar-refractivity contribution >= 4 is 34.8 Å². The molecule has 0 bridgehead atoms. The monoisotopic (exact) mass is 585 g/mol. The number of ether oxygens (including phenoxy) is 1. The zero-order valence-corrected chi connectivity index (χ0v) is 23.0. The summed E-state index contributed by atoms with van der Waals surface area (Å²) in [6.45, 7) is 0.201. The molecular formula is C30H26Cl3NO5. The minimum Gasteiger partial charge on any atom is -0.489 e. The number of benzene rings is 3. The second kappa shape index (κ2) is 10.4. The van der Waals surface area contributed by atoms with E-state index in [0.717, 1.165) is 29.7 Å². The van der Waals surface area contributed by atoms with Crippen LogP contribution in [0.5, 0.6) is 5.75 Å². The lowest BCUT2D eigenvalue weighted by Crippen LogP contribution is -2.40. The Morgan fingerprint density at radius 2 is 1.62 bits per heavy atom. The highest BCUT2D eigenvalue weighted by Gasteiger charge is 2.45. The molecule has 2 saturated carbocycles. The largest absolute Gasteiger partial charge is 0.489 e. The SMILES string of the molecule is OC(O)c1ccc([C@H]2C[C@](O)(c3ccc(OCc4c(-c5c(Cl)cccc5Cl)noc4C4CC4)cc3Cl)C2)cc1. The summed E-state index contributed by atoms with van der Waals surface area (Å²) in [5, 5.41) is 35.6. The van der Waals surface area contributed by atoms with Crippen LogP contribution in [0.4, 0.5) is 0 Å². The lowest BCUT2D eigenvalue weighted by atomic mass is 9.65. The number of hydrogen-bond acceptors (Lipinski definition) is 6. The molecule has 9 heteroatoms. The molecule has 0 aliphatic heterocycles. The maximum Gasteiger partial charge on any atom is 0.178 e. The van der Waals surface area contributed by atoms with Crippen molar-refractivity contribution in [1.29, 1.82) is 0 Å². The Kier molecular flexibility index (Phi) is 7.12. The highest BCUT2D eigenvalue weighted by atomic mass is 35.5. The molecule has 2 aliphatic rings. The number of nitrogens with zero attached hydrogens (tertiary/aromatic N) is 1. The van der Waals surface area contributed by atoms with E-state index in [9.17, 15) is 15.3 Å². The smallest absolute Gasteiger partial charge is 0.178 e. The number of halogens is 3. The standard InChI is InChI=1S/C30H26Cl3NO5/c31-23-2-1-3-24(32)26(23)27-21(28(39-34-27)17-6-7-17)15-38-20-10-11-22(25(33)12-20)30(37)13-19(14-30)16-4-8-18(9-5-16)29(35)36/h1-5,8-12,17,19,29,35-37H,6-7,13-15H2/t19-,30+. The fraction of sp³-hybridized carbons (Fsp3) is 0.300. The molecule has 1 heterocycles. The van der Waals surface area contributed by atoms with Gasteiger partial charge in [-0.2, -0.15) is 0 Å². The molecule has 1 aromatic heterocycles. The normalized spacial score (nSPS) is 20.7. The second-order valence-corrected chi connectivity index (χ2v) is 11.6. The molecule has 39 heavy (non-hydrogen) atoms. The lowest BCUT2D eigenvalue weighted by molar-refractivity contribution is -0.0552. The van der Waals surface area contributed by atoms with Gasteiger partial charge in [-0.25, -0.2) is 0 Å². The molecule has 3 N–H and O–H groups in total. The van der Waals surface area contributed by atoms with Crippen LogP contribution in [-0.4, -0.2) is 20.5 Å². The molecule has 0 amide bonds. The number of aliphatic hydroxyl groups excluding tert-OH is 1. The molecule has 0 unspecified atom stereocenters. The number of rotatable bonds is 8. The summed E-state index contributed by atoms with van der Waals surface area (Å²) in [6.07, 6.45) is 1.60. The Balaban J connectivity index is 1.18. The van der Waals surface area contributed by atoms with Gasteiger partial charge in [0.2, 0.25) is 0 Å². The van der Waals surface area contributed by atoms with Crippen LogP contribution in [-0.2, 0) is 12.2 Å². The highest BCUT2D eigenvalue weighted by molar-refractivity contribution is 6.39. The summed E-state index contributed by atoms with van der Waals surface area (Å²) in [5.74, 6) is 1.81. The fourth-order valence-electron chi connectivity index (χ4n) is 5.32. The summed E-state index contributed by atoms with van der Waals surface area (Å²) in [5.41, 5.74) is 3.09. The van der Waals surface area contributed by atoms with Crippen LogP contribution in [0.1, 0.15) is 71.8 Å². The van der Waals surface area contributed by atoms with E-state index in [-0.39, 0.29) is 12.5 Å². The third-order valence-corrected chi connectivity index (χ3v) is 8.61. The predicted molar refractivity (Wildman–Crippen MR) is 149 cm³/mol. The molecule has 0 saturated heterocycles. The van der Waals surface area contributed by atoms with Crippen molar-refractivity contribution in [2.45, 2.75) is 56.0 Å². The van der Waals surface area contributed by atoms with Crippen molar-refractivity contribution < 1.29 is 24.6 Å². The van der Waals surface area contributed by atoms with E-state index in [2.05, 4.69) is 5.16 Å². The van der Waals surface area contributed by atoms with Crippen LogP contribution in [0, 0.1) is 0 Å². The van der Waals surface area contributed by atoms with Crippen molar-refractivity contribution in [3.8, 4) is 17.0 Å². The van der Waals surface area contributed by atoms with Crippen molar-refractivity contribution in [2.24, 2.45) is 0 Å². The molecule has 0 radical (unpaired) electrons. The van der Waals surface area contributed by atoms with E-state index < -0.39 is 11.9 Å². The maximum absolute atomic E-state index is 11.3. The van der Waals surface area contributed by atoms with Gasteiger partial charge in [0.15, 0.2) is 6.29 Å². The van der Waals surface area contributed by atoms with Crippen LogP contribution >= 0.6 is 34.8 Å². The van der Waals surface area contributed by atoms with Crippen LogP contribution in [0.15, 0.2) is 65.2 Å². The van der Waals surface area contributed by atoms with Crippen molar-refractivity contribution in [1.82, 2.24) is 5.16 Å². The summed E-state index contributed by atoms with van der Waals surface area (Å²) < 4.78 is 11.9. The van der Waals surface area contributed by atoms with E-state index in [1.54, 1.807) is 48.5 Å². The molecule has 0 atom stereocenters. The summed E-state index contributed by atoms with van der Waals surface area (Å²) in [4.78, 5) is 0. The average Bonchev–Trinajstić information content (AvgIpc) is 3.66. The molecule has 4 aromatic rings. The van der Waals surface area contributed by atoms with Gasteiger partial charge in [0.05, 0.1) is 26.2 Å². The maximum atomic E-state index is 11.3. The summed E-state index contributed by atoms with van der Waals surface area (Å²) >= 11 is 19.6. The second-order valence-electron chi connectivity index (χ2n) is 10.4. The van der Waals surface area contributed by atoms with E-state index in [1.165, 1.54) is 0 Å². The molecule has 0 spiro atoms. The first-order chi connectivity index (χ1) is 18.7. The molecular weight excluding hydrogens is 561 g/mol. The third kappa shape index (κ3) is 5.18. The fourth-order valence-corrected chi connectivity index (χ4v) is 6.24. The van der Waals surface area contributed by atoms with Crippen molar-refractivity contribution in [3.05, 3.63) is 104 Å². The molecule has 6 rings (SSSR count). The van der Waals surface area contributed by atoms with Gasteiger partial charge in [-0.05, 0) is 61.4 Å². The number of aromatic nitrogens is 1. The van der Waals surface area contributed by atoms with Crippen molar-refractivity contribution in [3.63, 3.8) is 0 Å². The summed E-state index contributed by atoms with van der Waals surface area (Å²) in [7, 11) is 0. The van der Waals surface area contributed by atoms with Gasteiger partial charge >= 0.3 is 0 Å². The predicted octanol–water partition coefficient (Wildman–Crippen LogP) is 7.51. The minimum absolute atomic E-state index is 0.149. The molecule has 2 aliphatic carbocycles. The average molecular weight is 587 g/mol. The van der Waals surface area contributed by atoms with Crippen LogP contribution < -0.4 is 4.74 Å². The van der Waals surface area contributed by atoms with Gasteiger partial charge < -0.3 is 24.6 Å². The minimum atomic E-state index is -1.50. The zero-order valence-electron chi connectivity index (χ0n) is 20.8. The molecule has 3 aromatic carbocycles. The van der Waals surface area contributed by atoms with E-state index >= 15 is 0 Å². The Hall–Kier alpha value is -2.58. The van der Waals surface area contributed by atoms with Gasteiger partial charge in [0.1, 0.15) is 23.8 Å². The van der Waals surface area contributed by atoms with Crippen molar-refractivity contribution in [2.75, 3.05) is 0 Å². The lowest BCUT2D eigenvalue weighted by Gasteiger charge is -2.44. The highest BCUT2D eigenvalue weighted by Crippen LogP contribution is 2.53. The van der Waals surface area contributed by atoms with Gasteiger partial charge in [-0.15, -0.1) is 0 Å². The van der Waals surface area contributed by atoms with Gasteiger partial charge in [-0.1, -0.05) is 76.4 Å². The Morgan fingerprint density at radius 3 is 2.23 bits per heavy atom. The van der Waals surface area contributed by atoms with Crippen LogP contribution in [0.2, 0.25) is 15.1 Å². The summed E-state index contributed by atoms with van der Waals surface area (Å²) in [6, 6.07) is 17.7. The Bertz CT molecular complexity index is 1490. The first kappa shape index (κ1) is 26.6. The van der Waals surface area contributed by atoms with Crippen LogP contribution in [0.3, 0.4) is 0 Å². The van der Waals surface area contributed by atoms with Gasteiger partial charge in [-0.3, -0.25) is 0 Å². The topological polar surface area (TPSA) is 96.0 Å². The first-order valence-corrected chi connectivity index (χ1v) is 13.9. The van der Waals surface area contributed by atoms with Crippen LogP contribution in [0.25, 0.3) is 11.3 Å². The van der Waals surface area contributed by atoms with Gasteiger partial charge in [0, 0.05) is 22.6 Å². The number of hydrogen-bond donors (Lipinski definition) is 3. The Morgan fingerprint density at radius 1 is 0.923 bits per heavy atom. The van der Waals surface area contributed by atoms with E-state index in [4.69, 9.17) is 44.1 Å². The quantitative estimate of drug-likeness (QED) is 0.185. The Labute approximate surface area is 240 Å². The molecule has 6 nitrogen and oxygen atoms in total. The number of aliphatic hydroxyl groups is 3. The van der Waals surface area contributed by atoms with Gasteiger partial charge in [0.25, 0.3) is 0 Å². The van der Waals surface area contributed by atoms with E-state index in [1.807, 2.05) is 12.1 Å². The first-order valence-electron chi connectivity index (χ1n) is 12.8. The van der Waals surface area contributed by atoms with E-state index in [0.29, 0.717) is 62.0 Å². The zero-order chi connectivity index (χ0) is 27.3.